The van der Waals surface area contributed by atoms with Gasteiger partial charge in [-0.25, -0.2) is 0 Å². The lowest BCUT2D eigenvalue weighted by molar-refractivity contribution is 0.475. The van der Waals surface area contributed by atoms with E-state index >= 15 is 0 Å². The molecule has 1 heterocycles. The van der Waals surface area contributed by atoms with Crippen LogP contribution in [0.15, 0.2) is 28.7 Å². The van der Waals surface area contributed by atoms with Crippen molar-refractivity contribution in [3.8, 4) is 5.75 Å². The first kappa shape index (κ1) is 7.55. The number of benzene rings is 1. The first-order valence-electron chi connectivity index (χ1n) is 3.62. The Balaban J connectivity index is 2.67. The molecule has 62 valence electrons. The Morgan fingerprint density at radius 3 is 2.92 bits per heavy atom. The van der Waals surface area contributed by atoms with E-state index in [1.165, 1.54) is 0 Å². The molecule has 0 radical (unpaired) electrons. The van der Waals surface area contributed by atoms with Gasteiger partial charge in [-0.2, -0.15) is 12.6 Å². The molecule has 0 spiro atoms. The molecule has 0 aliphatic rings. The number of phenolic OH excluding ortho intramolecular Hbond substituents is 1. The van der Waals surface area contributed by atoms with E-state index in [2.05, 4.69) is 12.6 Å². The quantitative estimate of drug-likeness (QED) is 0.661. The zero-order chi connectivity index (χ0) is 8.55. The molecule has 0 bridgehead atoms. The molecule has 0 amide bonds. The largest absolute Gasteiger partial charge is 0.508 e. The highest BCUT2D eigenvalue weighted by molar-refractivity contribution is 7.79. The van der Waals surface area contributed by atoms with Crippen molar-refractivity contribution in [3.63, 3.8) is 0 Å². The van der Waals surface area contributed by atoms with E-state index in [-0.39, 0.29) is 5.75 Å². The molecule has 1 N–H and O–H groups in total. The van der Waals surface area contributed by atoms with Gasteiger partial charge in [-0.15, -0.1) is 0 Å². The summed E-state index contributed by atoms with van der Waals surface area (Å²) in [5.74, 6) is 1.66. The van der Waals surface area contributed by atoms with Crippen LogP contribution < -0.4 is 0 Å². The highest BCUT2D eigenvalue weighted by atomic mass is 32.1. The maximum Gasteiger partial charge on any atom is 0.134 e. The third-order valence-electron chi connectivity index (χ3n) is 1.71. The standard InChI is InChI=1S/C9H8O2S/c10-7-1-2-9-6(3-7)4-8(5-12)11-9/h1-4,10,12H,5H2. The number of phenols is 1. The first-order valence-corrected chi connectivity index (χ1v) is 4.25. The van der Waals surface area contributed by atoms with Gasteiger partial charge in [0.2, 0.25) is 0 Å². The summed E-state index contributed by atoms with van der Waals surface area (Å²) in [5.41, 5.74) is 0.789. The van der Waals surface area contributed by atoms with Crippen LogP contribution in [-0.4, -0.2) is 5.11 Å². The summed E-state index contributed by atoms with van der Waals surface area (Å²) in [7, 11) is 0. The predicted octanol–water partition coefficient (Wildman–Crippen LogP) is 2.57. The van der Waals surface area contributed by atoms with E-state index in [0.717, 1.165) is 16.7 Å². The molecule has 0 fully saturated rings. The number of fused-ring (bicyclic) bond motifs is 1. The third-order valence-corrected chi connectivity index (χ3v) is 2.02. The number of hydrogen-bond donors (Lipinski definition) is 2. The molecular weight excluding hydrogens is 172 g/mol. The van der Waals surface area contributed by atoms with Gasteiger partial charge in [0.05, 0.1) is 0 Å². The molecule has 2 aromatic rings. The van der Waals surface area contributed by atoms with E-state index in [0.29, 0.717) is 5.75 Å². The average Bonchev–Trinajstić information content (AvgIpc) is 2.46. The van der Waals surface area contributed by atoms with Crippen LogP contribution in [0.1, 0.15) is 5.76 Å². The van der Waals surface area contributed by atoms with Gasteiger partial charge in [0.1, 0.15) is 17.1 Å². The summed E-state index contributed by atoms with van der Waals surface area (Å²) in [6.07, 6.45) is 0. The summed E-state index contributed by atoms with van der Waals surface area (Å²) in [6, 6.07) is 6.90. The maximum absolute atomic E-state index is 9.15. The zero-order valence-electron chi connectivity index (χ0n) is 6.32. The van der Waals surface area contributed by atoms with Crippen LogP contribution in [0.5, 0.6) is 5.75 Å². The monoisotopic (exact) mass is 180 g/mol. The van der Waals surface area contributed by atoms with E-state index in [4.69, 9.17) is 9.52 Å². The summed E-state index contributed by atoms with van der Waals surface area (Å²) in [6.45, 7) is 0. The predicted molar refractivity (Wildman–Crippen MR) is 50.6 cm³/mol. The van der Waals surface area contributed by atoms with E-state index in [1.54, 1.807) is 18.2 Å². The molecule has 1 aromatic heterocycles. The van der Waals surface area contributed by atoms with Gasteiger partial charge in [0.25, 0.3) is 0 Å². The fourth-order valence-corrected chi connectivity index (χ4v) is 1.32. The topological polar surface area (TPSA) is 33.4 Å². The average molecular weight is 180 g/mol. The van der Waals surface area contributed by atoms with Gasteiger partial charge in [0, 0.05) is 11.1 Å². The molecule has 2 nitrogen and oxygen atoms in total. The molecule has 1 aromatic carbocycles. The van der Waals surface area contributed by atoms with Crippen molar-refractivity contribution in [1.29, 1.82) is 0 Å². The minimum Gasteiger partial charge on any atom is -0.508 e. The molecular formula is C9H8O2S. The van der Waals surface area contributed by atoms with E-state index in [9.17, 15) is 0 Å². The van der Waals surface area contributed by atoms with Gasteiger partial charge >= 0.3 is 0 Å². The second-order valence-corrected chi connectivity index (χ2v) is 2.91. The van der Waals surface area contributed by atoms with Gasteiger partial charge in [-0.1, -0.05) is 0 Å². The molecule has 0 atom stereocenters. The lowest BCUT2D eigenvalue weighted by atomic mass is 10.2. The smallest absolute Gasteiger partial charge is 0.134 e. The lowest BCUT2D eigenvalue weighted by Crippen LogP contribution is -1.63. The Morgan fingerprint density at radius 1 is 1.33 bits per heavy atom. The van der Waals surface area contributed by atoms with Crippen molar-refractivity contribution >= 4 is 23.6 Å². The number of rotatable bonds is 1. The fraction of sp³-hybridized carbons (Fsp3) is 0.111. The van der Waals surface area contributed by atoms with E-state index < -0.39 is 0 Å². The maximum atomic E-state index is 9.15. The van der Waals surface area contributed by atoms with Crippen LogP contribution in [-0.2, 0) is 5.75 Å². The normalized spacial score (nSPS) is 10.8. The van der Waals surface area contributed by atoms with Crippen LogP contribution in [0, 0.1) is 0 Å². The Bertz CT molecular complexity index is 406. The number of thiol groups is 1. The SMILES string of the molecule is Oc1ccc2oc(CS)cc2c1. The number of aromatic hydroxyl groups is 1. The molecule has 12 heavy (non-hydrogen) atoms. The Labute approximate surface area is 75.2 Å². The van der Waals surface area contributed by atoms with Crippen molar-refractivity contribution in [2.24, 2.45) is 0 Å². The van der Waals surface area contributed by atoms with Gasteiger partial charge in [0.15, 0.2) is 0 Å². The van der Waals surface area contributed by atoms with Gasteiger partial charge < -0.3 is 9.52 Å². The van der Waals surface area contributed by atoms with Crippen molar-refractivity contribution < 1.29 is 9.52 Å². The van der Waals surface area contributed by atoms with Crippen molar-refractivity contribution in [3.05, 3.63) is 30.0 Å². The summed E-state index contributed by atoms with van der Waals surface area (Å²) in [5, 5.41) is 10.1. The molecule has 3 heteroatoms. The van der Waals surface area contributed by atoms with Crippen LogP contribution >= 0.6 is 12.6 Å². The van der Waals surface area contributed by atoms with Gasteiger partial charge in [-0.05, 0) is 24.3 Å². The Morgan fingerprint density at radius 2 is 2.17 bits per heavy atom. The number of furan rings is 1. The second kappa shape index (κ2) is 2.75. The minimum atomic E-state index is 0.258. The molecule has 0 saturated heterocycles. The molecule has 0 aliphatic heterocycles. The highest BCUT2D eigenvalue weighted by Crippen LogP contribution is 2.23. The van der Waals surface area contributed by atoms with Crippen LogP contribution in [0.2, 0.25) is 0 Å². The fourth-order valence-electron chi connectivity index (χ4n) is 1.16. The molecule has 2 rings (SSSR count). The highest BCUT2D eigenvalue weighted by Gasteiger charge is 2.01. The van der Waals surface area contributed by atoms with Crippen LogP contribution in [0.3, 0.4) is 0 Å². The van der Waals surface area contributed by atoms with Crippen LogP contribution in [0.25, 0.3) is 11.0 Å². The lowest BCUT2D eigenvalue weighted by Gasteiger charge is -1.88. The minimum absolute atomic E-state index is 0.258. The number of hydrogen-bond acceptors (Lipinski definition) is 3. The summed E-state index contributed by atoms with van der Waals surface area (Å²) >= 11 is 4.09. The summed E-state index contributed by atoms with van der Waals surface area (Å²) < 4.78 is 5.38. The Hall–Kier alpha value is -1.09. The molecule has 0 saturated carbocycles. The van der Waals surface area contributed by atoms with Crippen molar-refractivity contribution in [2.75, 3.05) is 0 Å². The van der Waals surface area contributed by atoms with Crippen molar-refractivity contribution in [1.82, 2.24) is 0 Å². The molecule has 0 unspecified atom stereocenters. The van der Waals surface area contributed by atoms with Crippen LogP contribution in [0.4, 0.5) is 0 Å². The summed E-state index contributed by atoms with van der Waals surface area (Å²) in [4.78, 5) is 0. The zero-order valence-corrected chi connectivity index (χ0v) is 7.21. The third kappa shape index (κ3) is 1.16. The molecule has 0 aliphatic carbocycles. The second-order valence-electron chi connectivity index (χ2n) is 2.59. The van der Waals surface area contributed by atoms with E-state index in [1.807, 2.05) is 6.07 Å². The first-order chi connectivity index (χ1) is 5.79. The van der Waals surface area contributed by atoms with Gasteiger partial charge in [-0.3, -0.25) is 0 Å². The Kier molecular flexibility index (Phi) is 1.73. The van der Waals surface area contributed by atoms with Crippen molar-refractivity contribution in [2.45, 2.75) is 5.75 Å².